The molecule has 1 aromatic carbocycles. The molecule has 0 aliphatic carbocycles. The second kappa shape index (κ2) is 7.98. The van der Waals surface area contributed by atoms with E-state index in [-0.39, 0.29) is 11.8 Å². The maximum Gasteiger partial charge on any atom is 0.289 e. The molecule has 7 nitrogen and oxygen atoms in total. The van der Waals surface area contributed by atoms with Gasteiger partial charge in [0.25, 0.3) is 11.8 Å². The van der Waals surface area contributed by atoms with Crippen LogP contribution in [-0.2, 0) is 0 Å². The molecule has 26 heavy (non-hydrogen) atoms. The highest BCUT2D eigenvalue weighted by Crippen LogP contribution is 2.32. The fourth-order valence-electron chi connectivity index (χ4n) is 2.86. The lowest BCUT2D eigenvalue weighted by Crippen LogP contribution is -2.50. The number of ether oxygens (including phenoxy) is 2. The van der Waals surface area contributed by atoms with Crippen molar-refractivity contribution in [3.8, 4) is 11.5 Å². The van der Waals surface area contributed by atoms with Gasteiger partial charge in [0, 0.05) is 29.7 Å². The first-order chi connectivity index (χ1) is 12.5. The van der Waals surface area contributed by atoms with Gasteiger partial charge in [-0.3, -0.25) is 9.59 Å². The quantitative estimate of drug-likeness (QED) is 0.643. The maximum atomic E-state index is 12.9. The minimum atomic E-state index is -0.150. The minimum Gasteiger partial charge on any atom is -0.493 e. The summed E-state index contributed by atoms with van der Waals surface area (Å²) in [5.74, 6) is 1.19. The highest BCUT2D eigenvalue weighted by atomic mass is 127. The largest absolute Gasteiger partial charge is 0.493 e. The number of hydrogen-bond donors (Lipinski definition) is 0. The summed E-state index contributed by atoms with van der Waals surface area (Å²) in [4.78, 5) is 28.7. The van der Waals surface area contributed by atoms with Crippen LogP contribution in [0.2, 0.25) is 0 Å². The Morgan fingerprint density at radius 3 is 2.12 bits per heavy atom. The SMILES string of the molecule is COc1cc(I)c(C(=O)N2CCN(C(=O)c3ccco3)CC2)cc1OC. The number of piperazine rings is 1. The third kappa shape index (κ3) is 3.64. The van der Waals surface area contributed by atoms with E-state index in [0.29, 0.717) is 49.0 Å². The molecule has 0 bridgehead atoms. The van der Waals surface area contributed by atoms with Gasteiger partial charge < -0.3 is 23.7 Å². The first kappa shape index (κ1) is 18.6. The number of halogens is 1. The molecule has 0 atom stereocenters. The van der Waals surface area contributed by atoms with E-state index in [2.05, 4.69) is 22.6 Å². The molecule has 2 aromatic rings. The van der Waals surface area contributed by atoms with Crippen molar-refractivity contribution in [2.24, 2.45) is 0 Å². The number of carbonyl (C=O) groups excluding carboxylic acids is 2. The van der Waals surface area contributed by atoms with Crippen molar-refractivity contribution in [1.29, 1.82) is 0 Å². The first-order valence-corrected chi connectivity index (χ1v) is 9.16. The van der Waals surface area contributed by atoms with E-state index in [1.165, 1.54) is 13.4 Å². The highest BCUT2D eigenvalue weighted by molar-refractivity contribution is 14.1. The van der Waals surface area contributed by atoms with Gasteiger partial charge in [-0.15, -0.1) is 0 Å². The first-order valence-electron chi connectivity index (χ1n) is 8.08. The number of amides is 2. The molecule has 1 fully saturated rings. The van der Waals surface area contributed by atoms with Crippen LogP contribution in [0.3, 0.4) is 0 Å². The molecule has 2 heterocycles. The Morgan fingerprint density at radius 2 is 1.58 bits per heavy atom. The van der Waals surface area contributed by atoms with E-state index in [1.54, 1.807) is 41.2 Å². The van der Waals surface area contributed by atoms with Crippen LogP contribution in [-0.4, -0.2) is 62.0 Å². The van der Waals surface area contributed by atoms with Gasteiger partial charge in [-0.2, -0.15) is 0 Å². The van der Waals surface area contributed by atoms with Crippen molar-refractivity contribution in [1.82, 2.24) is 9.80 Å². The second-order valence-electron chi connectivity index (χ2n) is 5.75. The zero-order chi connectivity index (χ0) is 18.7. The van der Waals surface area contributed by atoms with Crippen molar-refractivity contribution in [2.75, 3.05) is 40.4 Å². The fraction of sp³-hybridized carbons (Fsp3) is 0.333. The summed E-state index contributed by atoms with van der Waals surface area (Å²) in [7, 11) is 3.10. The molecule has 1 aliphatic rings. The smallest absolute Gasteiger partial charge is 0.289 e. The summed E-state index contributed by atoms with van der Waals surface area (Å²) in [6, 6.07) is 6.81. The molecule has 8 heteroatoms. The Bertz CT molecular complexity index is 798. The number of nitrogens with zero attached hydrogens (tertiary/aromatic N) is 2. The summed E-state index contributed by atoms with van der Waals surface area (Å²) in [6.07, 6.45) is 1.48. The van der Waals surface area contributed by atoms with Crippen LogP contribution in [0.1, 0.15) is 20.9 Å². The Kier molecular flexibility index (Phi) is 5.70. The fourth-order valence-corrected chi connectivity index (χ4v) is 3.53. The predicted molar refractivity (Wildman–Crippen MR) is 103 cm³/mol. The average Bonchev–Trinajstić information content (AvgIpc) is 3.21. The van der Waals surface area contributed by atoms with Crippen molar-refractivity contribution in [3.05, 3.63) is 45.4 Å². The lowest BCUT2D eigenvalue weighted by Gasteiger charge is -2.34. The zero-order valence-electron chi connectivity index (χ0n) is 14.5. The monoisotopic (exact) mass is 470 g/mol. The van der Waals surface area contributed by atoms with E-state index >= 15 is 0 Å². The van der Waals surface area contributed by atoms with E-state index in [9.17, 15) is 9.59 Å². The third-order valence-electron chi connectivity index (χ3n) is 4.29. The van der Waals surface area contributed by atoms with Gasteiger partial charge in [-0.05, 0) is 46.9 Å². The summed E-state index contributed by atoms with van der Waals surface area (Å²) in [6.45, 7) is 1.87. The number of furan rings is 1. The van der Waals surface area contributed by atoms with Gasteiger partial charge in [0.1, 0.15) is 0 Å². The molecular formula is C18H19IN2O5. The van der Waals surface area contributed by atoms with E-state index < -0.39 is 0 Å². The van der Waals surface area contributed by atoms with Crippen LogP contribution < -0.4 is 9.47 Å². The lowest BCUT2D eigenvalue weighted by atomic mass is 10.1. The van der Waals surface area contributed by atoms with Crippen LogP contribution in [0.4, 0.5) is 0 Å². The summed E-state index contributed by atoms with van der Waals surface area (Å²) in [5, 5.41) is 0. The van der Waals surface area contributed by atoms with Gasteiger partial charge in [-0.25, -0.2) is 0 Å². The highest BCUT2D eigenvalue weighted by Gasteiger charge is 2.28. The molecule has 0 N–H and O–H groups in total. The number of methoxy groups -OCH3 is 2. The van der Waals surface area contributed by atoms with Crippen molar-refractivity contribution >= 4 is 34.4 Å². The molecule has 0 radical (unpaired) electrons. The Hall–Kier alpha value is -2.23. The van der Waals surface area contributed by atoms with Crippen LogP contribution in [0.15, 0.2) is 34.9 Å². The molecule has 0 saturated carbocycles. The minimum absolute atomic E-state index is 0.0829. The standard InChI is InChI=1S/C18H19IN2O5/c1-24-15-10-12(13(19)11-16(15)25-2)17(22)20-5-7-21(8-6-20)18(23)14-4-3-9-26-14/h3-4,9-11H,5-8H2,1-2H3. The topological polar surface area (TPSA) is 72.2 Å². The molecule has 0 unspecified atom stereocenters. The van der Waals surface area contributed by atoms with E-state index in [0.717, 1.165) is 3.57 Å². The summed E-state index contributed by atoms with van der Waals surface area (Å²) < 4.78 is 16.5. The van der Waals surface area contributed by atoms with Crippen molar-refractivity contribution in [3.63, 3.8) is 0 Å². The number of rotatable bonds is 4. The zero-order valence-corrected chi connectivity index (χ0v) is 16.7. The number of hydrogen-bond acceptors (Lipinski definition) is 5. The third-order valence-corrected chi connectivity index (χ3v) is 5.18. The second-order valence-corrected chi connectivity index (χ2v) is 6.91. The van der Waals surface area contributed by atoms with Crippen LogP contribution in [0.5, 0.6) is 11.5 Å². The van der Waals surface area contributed by atoms with Gasteiger partial charge in [0.05, 0.1) is 26.0 Å². The Balaban J connectivity index is 1.70. The maximum absolute atomic E-state index is 12.9. The lowest BCUT2D eigenvalue weighted by molar-refractivity contribution is 0.0517. The normalized spacial score (nSPS) is 14.3. The van der Waals surface area contributed by atoms with Crippen LogP contribution >= 0.6 is 22.6 Å². The van der Waals surface area contributed by atoms with E-state index in [1.807, 2.05) is 0 Å². The van der Waals surface area contributed by atoms with Gasteiger partial charge in [0.2, 0.25) is 0 Å². The van der Waals surface area contributed by atoms with Gasteiger partial charge in [-0.1, -0.05) is 0 Å². The van der Waals surface area contributed by atoms with Crippen LogP contribution in [0.25, 0.3) is 0 Å². The average molecular weight is 470 g/mol. The summed E-state index contributed by atoms with van der Waals surface area (Å²) >= 11 is 2.12. The van der Waals surface area contributed by atoms with Crippen molar-refractivity contribution < 1.29 is 23.5 Å². The summed E-state index contributed by atoms with van der Waals surface area (Å²) in [5.41, 5.74) is 0.564. The molecule has 1 aliphatic heterocycles. The Morgan fingerprint density at radius 1 is 1.00 bits per heavy atom. The predicted octanol–water partition coefficient (Wildman–Crippen LogP) is 2.50. The van der Waals surface area contributed by atoms with E-state index in [4.69, 9.17) is 13.9 Å². The molecule has 2 amide bonds. The number of benzene rings is 1. The molecule has 1 aromatic heterocycles. The molecule has 1 saturated heterocycles. The van der Waals surface area contributed by atoms with Gasteiger partial charge in [0.15, 0.2) is 17.3 Å². The van der Waals surface area contributed by atoms with Crippen LogP contribution in [0, 0.1) is 3.57 Å². The Labute approximate surface area is 165 Å². The molecule has 138 valence electrons. The molecule has 0 spiro atoms. The molecule has 3 rings (SSSR count). The number of carbonyl (C=O) groups is 2. The van der Waals surface area contributed by atoms with Crippen molar-refractivity contribution in [2.45, 2.75) is 0 Å². The molecular weight excluding hydrogens is 451 g/mol. The van der Waals surface area contributed by atoms with Gasteiger partial charge >= 0.3 is 0 Å².